The molecule has 0 aromatic heterocycles. The monoisotopic (exact) mass is 145 g/mol. The Balaban J connectivity index is 0. The Bertz CT molecular complexity index is 57.7. The maximum atomic E-state index is 3.16. The second-order valence-corrected chi connectivity index (χ2v) is 3.05. The quantitative estimate of drug-likeness (QED) is 0.644. The minimum atomic E-state index is 0.481. The first-order valence-corrected chi connectivity index (χ1v) is 4.27. The SMILES string of the molecule is CC.CCC(C)(C)CNC. The van der Waals surface area contributed by atoms with Crippen LogP contribution in [0.25, 0.3) is 0 Å². The van der Waals surface area contributed by atoms with Crippen LogP contribution >= 0.6 is 0 Å². The first-order chi connectivity index (χ1) is 4.62. The maximum absolute atomic E-state index is 3.16. The Hall–Kier alpha value is -0.0400. The lowest BCUT2D eigenvalue weighted by Crippen LogP contribution is -2.25. The van der Waals surface area contributed by atoms with E-state index in [0.717, 1.165) is 6.54 Å². The van der Waals surface area contributed by atoms with Gasteiger partial charge in [-0.15, -0.1) is 0 Å². The van der Waals surface area contributed by atoms with Crippen LogP contribution in [0.2, 0.25) is 0 Å². The van der Waals surface area contributed by atoms with E-state index in [1.54, 1.807) is 0 Å². The van der Waals surface area contributed by atoms with Gasteiger partial charge in [0.25, 0.3) is 0 Å². The summed E-state index contributed by atoms with van der Waals surface area (Å²) in [5.41, 5.74) is 0.481. The van der Waals surface area contributed by atoms with Crippen molar-refractivity contribution >= 4 is 0 Å². The largest absolute Gasteiger partial charge is 0.319 e. The molecule has 0 aliphatic rings. The molecule has 0 atom stereocenters. The highest BCUT2D eigenvalue weighted by atomic mass is 14.8. The van der Waals surface area contributed by atoms with Crippen molar-refractivity contribution in [1.82, 2.24) is 5.32 Å². The molecule has 0 bridgehead atoms. The topological polar surface area (TPSA) is 12.0 Å². The van der Waals surface area contributed by atoms with Gasteiger partial charge in [-0.25, -0.2) is 0 Å². The number of hydrogen-bond donors (Lipinski definition) is 1. The lowest BCUT2D eigenvalue weighted by molar-refractivity contribution is 0.339. The number of rotatable bonds is 3. The fraction of sp³-hybridized carbons (Fsp3) is 1.00. The van der Waals surface area contributed by atoms with Crippen LogP contribution < -0.4 is 5.32 Å². The molecular weight excluding hydrogens is 122 g/mol. The molecule has 0 heterocycles. The predicted molar refractivity (Wildman–Crippen MR) is 49.3 cm³/mol. The molecule has 64 valence electrons. The number of hydrogen-bond acceptors (Lipinski definition) is 1. The molecule has 1 nitrogen and oxygen atoms in total. The summed E-state index contributed by atoms with van der Waals surface area (Å²) in [6, 6.07) is 0. The Kier molecular flexibility index (Phi) is 8.92. The van der Waals surface area contributed by atoms with Gasteiger partial charge in [0, 0.05) is 0 Å². The summed E-state index contributed by atoms with van der Waals surface area (Å²) in [4.78, 5) is 0. The van der Waals surface area contributed by atoms with Gasteiger partial charge in [-0.3, -0.25) is 0 Å². The first kappa shape index (κ1) is 12.6. The van der Waals surface area contributed by atoms with Crippen LogP contribution in [0.15, 0.2) is 0 Å². The van der Waals surface area contributed by atoms with Crippen molar-refractivity contribution in [3.8, 4) is 0 Å². The molecule has 0 saturated heterocycles. The second-order valence-electron chi connectivity index (χ2n) is 3.05. The van der Waals surface area contributed by atoms with Gasteiger partial charge < -0.3 is 5.32 Å². The van der Waals surface area contributed by atoms with Crippen molar-refractivity contribution in [3.05, 3.63) is 0 Å². The third-order valence-electron chi connectivity index (χ3n) is 1.61. The van der Waals surface area contributed by atoms with Crippen molar-refractivity contribution in [2.24, 2.45) is 5.41 Å². The summed E-state index contributed by atoms with van der Waals surface area (Å²) in [6.07, 6.45) is 1.24. The smallest absolute Gasteiger partial charge is 0.0000589 e. The molecule has 0 fully saturated rings. The van der Waals surface area contributed by atoms with E-state index < -0.39 is 0 Å². The lowest BCUT2D eigenvalue weighted by atomic mass is 9.90. The van der Waals surface area contributed by atoms with Crippen LogP contribution in [0, 0.1) is 5.41 Å². The van der Waals surface area contributed by atoms with Crippen LogP contribution in [0.1, 0.15) is 41.0 Å². The van der Waals surface area contributed by atoms with Crippen molar-refractivity contribution in [2.75, 3.05) is 13.6 Å². The summed E-state index contributed by atoms with van der Waals surface area (Å²) in [7, 11) is 2.00. The van der Waals surface area contributed by atoms with E-state index in [0.29, 0.717) is 5.41 Å². The summed E-state index contributed by atoms with van der Waals surface area (Å²) < 4.78 is 0. The van der Waals surface area contributed by atoms with Gasteiger partial charge in [0.05, 0.1) is 0 Å². The van der Waals surface area contributed by atoms with E-state index in [9.17, 15) is 0 Å². The molecule has 0 amide bonds. The number of nitrogens with one attached hydrogen (secondary N) is 1. The van der Waals surface area contributed by atoms with Gasteiger partial charge in [-0.2, -0.15) is 0 Å². The summed E-state index contributed by atoms with van der Waals surface area (Å²) in [5, 5.41) is 3.16. The summed E-state index contributed by atoms with van der Waals surface area (Å²) >= 11 is 0. The van der Waals surface area contributed by atoms with E-state index in [-0.39, 0.29) is 0 Å². The van der Waals surface area contributed by atoms with E-state index in [2.05, 4.69) is 26.1 Å². The Morgan fingerprint density at radius 3 is 1.70 bits per heavy atom. The van der Waals surface area contributed by atoms with E-state index in [1.165, 1.54) is 6.42 Å². The third kappa shape index (κ3) is 7.96. The van der Waals surface area contributed by atoms with Crippen molar-refractivity contribution in [2.45, 2.75) is 41.0 Å². The molecule has 0 aliphatic heterocycles. The summed E-state index contributed by atoms with van der Waals surface area (Å²) in [5.74, 6) is 0. The normalized spacial score (nSPS) is 10.2. The molecule has 0 aliphatic carbocycles. The fourth-order valence-electron chi connectivity index (χ4n) is 0.604. The lowest BCUT2D eigenvalue weighted by Gasteiger charge is -2.21. The van der Waals surface area contributed by atoms with E-state index >= 15 is 0 Å². The highest BCUT2D eigenvalue weighted by Crippen LogP contribution is 2.16. The molecule has 10 heavy (non-hydrogen) atoms. The van der Waals surface area contributed by atoms with E-state index in [4.69, 9.17) is 0 Å². The minimum absolute atomic E-state index is 0.481. The zero-order valence-electron chi connectivity index (χ0n) is 8.41. The molecule has 1 heteroatoms. The third-order valence-corrected chi connectivity index (χ3v) is 1.61. The molecule has 0 spiro atoms. The highest BCUT2D eigenvalue weighted by molar-refractivity contribution is 4.67. The average Bonchev–Trinajstić information content (AvgIpc) is 1.93. The Morgan fingerprint density at radius 1 is 1.20 bits per heavy atom. The zero-order valence-corrected chi connectivity index (χ0v) is 8.41. The predicted octanol–water partition coefficient (Wildman–Crippen LogP) is 2.67. The average molecular weight is 145 g/mol. The van der Waals surface area contributed by atoms with Gasteiger partial charge >= 0.3 is 0 Å². The molecule has 0 saturated carbocycles. The Morgan fingerprint density at radius 2 is 1.60 bits per heavy atom. The molecule has 0 rings (SSSR count). The van der Waals surface area contributed by atoms with Gasteiger partial charge in [0.2, 0.25) is 0 Å². The molecule has 0 radical (unpaired) electrons. The molecule has 0 aromatic carbocycles. The van der Waals surface area contributed by atoms with Gasteiger partial charge in [0.1, 0.15) is 0 Å². The van der Waals surface area contributed by atoms with E-state index in [1.807, 2.05) is 20.9 Å². The fourth-order valence-corrected chi connectivity index (χ4v) is 0.604. The highest BCUT2D eigenvalue weighted by Gasteiger charge is 2.11. The Labute approximate surface area is 66.2 Å². The first-order valence-electron chi connectivity index (χ1n) is 4.27. The summed E-state index contributed by atoms with van der Waals surface area (Å²) in [6.45, 7) is 11.9. The second kappa shape index (κ2) is 7.07. The van der Waals surface area contributed by atoms with Crippen LogP contribution in [0.4, 0.5) is 0 Å². The zero-order chi connectivity index (χ0) is 8.62. The molecular formula is C9H23N. The van der Waals surface area contributed by atoms with Crippen molar-refractivity contribution in [1.29, 1.82) is 0 Å². The van der Waals surface area contributed by atoms with Crippen molar-refractivity contribution < 1.29 is 0 Å². The van der Waals surface area contributed by atoms with Gasteiger partial charge in [0.15, 0.2) is 0 Å². The van der Waals surface area contributed by atoms with Crippen LogP contribution in [0.5, 0.6) is 0 Å². The molecule has 1 N–H and O–H groups in total. The maximum Gasteiger partial charge on any atom is -0.0000589 e. The van der Waals surface area contributed by atoms with Crippen LogP contribution in [-0.4, -0.2) is 13.6 Å². The molecule has 0 unspecified atom stereocenters. The van der Waals surface area contributed by atoms with Crippen LogP contribution in [-0.2, 0) is 0 Å². The molecule has 0 aromatic rings. The van der Waals surface area contributed by atoms with Crippen LogP contribution in [0.3, 0.4) is 0 Å². The van der Waals surface area contributed by atoms with Crippen molar-refractivity contribution in [3.63, 3.8) is 0 Å². The van der Waals surface area contributed by atoms with Gasteiger partial charge in [-0.05, 0) is 25.4 Å². The minimum Gasteiger partial charge on any atom is -0.319 e. The van der Waals surface area contributed by atoms with Gasteiger partial charge in [-0.1, -0.05) is 34.6 Å². The standard InChI is InChI=1S/C7H17N.C2H6/c1-5-7(2,3)6-8-4;1-2/h8H,5-6H2,1-4H3;1-2H3.